The first-order valence-electron chi connectivity index (χ1n) is 12.0. The predicted molar refractivity (Wildman–Crippen MR) is 137 cm³/mol. The normalized spacial score (nSPS) is 16.6. The van der Waals surface area contributed by atoms with E-state index in [4.69, 9.17) is 9.47 Å². The van der Waals surface area contributed by atoms with Gasteiger partial charge in [0.15, 0.2) is 0 Å². The molecule has 0 aliphatic heterocycles. The third kappa shape index (κ3) is 11.9. The summed E-state index contributed by atoms with van der Waals surface area (Å²) < 4.78 is 54.5. The first-order valence-corrected chi connectivity index (χ1v) is 14.2. The number of carbonyl (C=O) groups is 1. The third-order valence-electron chi connectivity index (χ3n) is 5.52. The number of rotatable bonds is 17. The van der Waals surface area contributed by atoms with E-state index in [-0.39, 0.29) is 12.8 Å². The number of hydrogen-bond acceptors (Lipinski definition) is 6. The molecule has 0 aromatic rings. The predicted octanol–water partition coefficient (Wildman–Crippen LogP) is 7.36. The number of hydrogen-bond donors (Lipinski definition) is 1. The van der Waals surface area contributed by atoms with Crippen molar-refractivity contribution in [2.24, 2.45) is 5.92 Å². The van der Waals surface area contributed by atoms with Crippen LogP contribution in [-0.4, -0.2) is 29.9 Å². The summed E-state index contributed by atoms with van der Waals surface area (Å²) in [4.78, 5) is 11.6. The molecule has 0 fully saturated rings. The number of ether oxygens (including phenoxy) is 2. The Hall–Kier alpha value is -1.34. The molecule has 0 bridgehead atoms. The molecule has 0 spiro atoms. The Bertz CT molecular complexity index is 841. The maximum atomic E-state index is 12.2. The molecule has 0 heterocycles. The first-order chi connectivity index (χ1) is 15.8. The Morgan fingerprint density at radius 2 is 1.53 bits per heavy atom. The Balaban J connectivity index is 5.11. The van der Waals surface area contributed by atoms with Gasteiger partial charge in [-0.05, 0) is 66.2 Å². The highest BCUT2D eigenvalue weighted by atomic mass is 32.2. The van der Waals surface area contributed by atoms with Crippen molar-refractivity contribution in [1.82, 2.24) is 0 Å². The van der Waals surface area contributed by atoms with Crippen LogP contribution in [0.1, 0.15) is 99.8 Å². The fourth-order valence-corrected chi connectivity index (χ4v) is 5.00. The summed E-state index contributed by atoms with van der Waals surface area (Å²) in [6.07, 6.45) is 10.2. The quantitative estimate of drug-likeness (QED) is 0.0704. The lowest BCUT2D eigenvalue weighted by Gasteiger charge is -2.33. The van der Waals surface area contributed by atoms with Crippen LogP contribution in [0.15, 0.2) is 34.9 Å². The Kier molecular flexibility index (Phi) is 15.7. The van der Waals surface area contributed by atoms with E-state index in [1.54, 1.807) is 20.8 Å². The zero-order chi connectivity index (χ0) is 26.4. The first kappa shape index (κ1) is 32.7. The minimum atomic E-state index is -4.88. The number of esters is 1. The van der Waals surface area contributed by atoms with Crippen molar-refractivity contribution in [2.75, 3.05) is 0 Å². The topological polar surface area (TPSA) is 107 Å². The lowest BCUT2D eigenvalue weighted by molar-refractivity contribution is -0.191. The van der Waals surface area contributed by atoms with Crippen LogP contribution in [0.2, 0.25) is 0 Å². The molecule has 0 rings (SSSR count). The molecule has 0 saturated carbocycles. The van der Waals surface area contributed by atoms with Crippen molar-refractivity contribution in [1.29, 1.82) is 0 Å². The van der Waals surface area contributed by atoms with Gasteiger partial charge in [0.05, 0.1) is 0 Å². The molecule has 0 amide bonds. The van der Waals surface area contributed by atoms with Gasteiger partial charge in [-0.15, -0.1) is 0 Å². The lowest BCUT2D eigenvalue weighted by atomic mass is 10.0. The second kappa shape index (κ2) is 16.4. The Morgan fingerprint density at radius 3 is 1.97 bits per heavy atom. The summed E-state index contributed by atoms with van der Waals surface area (Å²) in [5, 5.41) is 0. The van der Waals surface area contributed by atoms with Crippen LogP contribution in [0.4, 0.5) is 0 Å². The van der Waals surface area contributed by atoms with E-state index in [9.17, 15) is 22.3 Å². The summed E-state index contributed by atoms with van der Waals surface area (Å²) in [5.74, 6) is -1.40. The molecule has 0 aliphatic rings. The minimum Gasteiger partial charge on any atom is -0.436 e. The van der Waals surface area contributed by atoms with Crippen molar-refractivity contribution in [3.05, 3.63) is 34.9 Å². The van der Waals surface area contributed by atoms with Gasteiger partial charge in [0.1, 0.15) is 0 Å². The highest BCUT2D eigenvalue weighted by molar-refractivity contribution is 7.91. The van der Waals surface area contributed by atoms with Crippen LogP contribution in [0.25, 0.3) is 0 Å². The van der Waals surface area contributed by atoms with Gasteiger partial charge in [-0.25, -0.2) is 0 Å². The van der Waals surface area contributed by atoms with Crippen molar-refractivity contribution in [2.45, 2.75) is 111 Å². The highest BCUT2D eigenvalue weighted by Crippen LogP contribution is 2.42. The second-order valence-corrected chi connectivity index (χ2v) is 11.6. The van der Waals surface area contributed by atoms with Gasteiger partial charge in [0.2, 0.25) is 14.8 Å². The monoisotopic (exact) mass is 518 g/mol. The molecule has 1 N–H and O–H groups in total. The van der Waals surface area contributed by atoms with Crippen LogP contribution in [0.3, 0.4) is 0 Å². The third-order valence-corrected chi connectivity index (χ3v) is 8.47. The van der Waals surface area contributed by atoms with E-state index in [0.29, 0.717) is 12.8 Å². The fraction of sp³-hybridized carbons (Fsp3) is 0.720. The van der Waals surface area contributed by atoms with E-state index in [0.717, 1.165) is 25.7 Å². The van der Waals surface area contributed by atoms with E-state index in [1.165, 1.54) is 16.7 Å². The summed E-state index contributed by atoms with van der Waals surface area (Å²) >= 11 is 0. The van der Waals surface area contributed by atoms with Crippen molar-refractivity contribution < 1.29 is 31.8 Å². The smallest absolute Gasteiger partial charge is 0.307 e. The molecule has 0 radical (unpaired) electrons. The molecule has 0 aliphatic carbocycles. The molecule has 0 aromatic carbocycles. The zero-order valence-corrected chi connectivity index (χ0v) is 23.5. The van der Waals surface area contributed by atoms with Gasteiger partial charge in [-0.1, -0.05) is 55.7 Å². The zero-order valence-electron chi connectivity index (χ0n) is 21.8. The summed E-state index contributed by atoms with van der Waals surface area (Å²) in [6.45, 7) is 13.1. The molecule has 3 unspecified atom stereocenters. The van der Waals surface area contributed by atoms with Gasteiger partial charge in [0.25, 0.3) is 4.67 Å². The second-order valence-electron chi connectivity index (χ2n) is 8.93. The lowest BCUT2D eigenvalue weighted by Crippen LogP contribution is -2.45. The minimum absolute atomic E-state index is 0.0810. The van der Waals surface area contributed by atoms with Gasteiger partial charge < -0.3 is 9.47 Å². The van der Waals surface area contributed by atoms with Gasteiger partial charge in [0, 0.05) is 18.8 Å². The van der Waals surface area contributed by atoms with E-state index in [2.05, 4.69) is 32.9 Å². The standard InChI is InChI=1S/C25H43O7PS/c1-8-23(26)31-24(9-2)32-25(33-27,34(28,29)30)22(7)18-12-17-21(6)16-11-15-20(5)14-10-13-19(3)4/h13,15,17,22,24H,8-12,14,16,18H2,1-7H3,(H,28,29,30). The molecule has 34 heavy (non-hydrogen) atoms. The van der Waals surface area contributed by atoms with Crippen LogP contribution in [0.5, 0.6) is 0 Å². The highest BCUT2D eigenvalue weighted by Gasteiger charge is 2.52. The number of carbonyl (C=O) groups excluding carboxylic acids is 1. The molecule has 0 aromatic heterocycles. The SMILES string of the molecule is CCC(=O)OC(CC)OC(P=O)(C(C)CCC=C(C)CCC=C(C)CCC=C(C)C)S(=O)(=O)O. The van der Waals surface area contributed by atoms with Gasteiger partial charge in [-0.3, -0.25) is 13.9 Å². The van der Waals surface area contributed by atoms with Crippen LogP contribution in [0, 0.1) is 5.92 Å². The molecular weight excluding hydrogens is 475 g/mol. The molecule has 0 saturated heterocycles. The van der Waals surface area contributed by atoms with Crippen molar-refractivity contribution in [3.63, 3.8) is 0 Å². The van der Waals surface area contributed by atoms with Crippen molar-refractivity contribution >= 4 is 24.5 Å². The van der Waals surface area contributed by atoms with E-state index in [1.807, 2.05) is 13.0 Å². The summed E-state index contributed by atoms with van der Waals surface area (Å²) in [5.41, 5.74) is 3.85. The van der Waals surface area contributed by atoms with E-state index >= 15 is 0 Å². The van der Waals surface area contributed by atoms with Gasteiger partial charge in [-0.2, -0.15) is 8.42 Å². The fourth-order valence-electron chi connectivity index (χ4n) is 3.30. The Morgan fingerprint density at radius 1 is 1.00 bits per heavy atom. The molecule has 3 atom stereocenters. The van der Waals surface area contributed by atoms with Gasteiger partial charge >= 0.3 is 16.1 Å². The largest absolute Gasteiger partial charge is 0.436 e. The molecule has 7 nitrogen and oxygen atoms in total. The summed E-state index contributed by atoms with van der Waals surface area (Å²) in [7, 11) is -5.80. The maximum absolute atomic E-state index is 12.2. The average molecular weight is 519 g/mol. The maximum Gasteiger partial charge on any atom is 0.307 e. The van der Waals surface area contributed by atoms with Crippen LogP contribution in [-0.2, 0) is 29.0 Å². The molecule has 9 heteroatoms. The molecule has 196 valence electrons. The van der Waals surface area contributed by atoms with Crippen LogP contribution >= 0.6 is 8.46 Å². The van der Waals surface area contributed by atoms with Crippen molar-refractivity contribution in [3.8, 4) is 0 Å². The molecular formula is C25H43O7PS. The Labute approximate surface area is 208 Å². The average Bonchev–Trinajstić information content (AvgIpc) is 2.75. The van der Waals surface area contributed by atoms with E-state index < -0.39 is 41.4 Å². The summed E-state index contributed by atoms with van der Waals surface area (Å²) in [6, 6.07) is 0. The number of allylic oxidation sites excluding steroid dienone is 6. The van der Waals surface area contributed by atoms with Crippen LogP contribution < -0.4 is 0 Å².